The number of nitrogens with zero attached hydrogens (tertiary/aromatic N) is 3. The van der Waals surface area contributed by atoms with E-state index in [2.05, 4.69) is 10.2 Å². The summed E-state index contributed by atoms with van der Waals surface area (Å²) in [5.74, 6) is 2.66. The number of methoxy groups -OCH3 is 2. The maximum Gasteiger partial charge on any atom is 0.272 e. The standard InChI is InChI=1S/C18H17N3O5S/c1-11-8-12(4-6-14(11)21(22)23)18-20-19-17(26-18)10-27-16-9-13(24-2)5-7-15(16)25-3/h4-9H,10H2,1-3H3. The molecule has 0 N–H and O–H groups in total. The molecule has 0 fully saturated rings. The summed E-state index contributed by atoms with van der Waals surface area (Å²) in [6.07, 6.45) is 0. The number of ether oxygens (including phenoxy) is 2. The molecule has 0 aliphatic heterocycles. The second kappa shape index (κ2) is 8.09. The molecule has 0 radical (unpaired) electrons. The zero-order valence-electron chi connectivity index (χ0n) is 15.0. The van der Waals surface area contributed by atoms with E-state index in [0.717, 1.165) is 16.4 Å². The largest absolute Gasteiger partial charge is 0.497 e. The molecule has 0 aliphatic rings. The Morgan fingerprint density at radius 3 is 2.63 bits per heavy atom. The number of thioether (sulfide) groups is 1. The zero-order valence-corrected chi connectivity index (χ0v) is 15.8. The van der Waals surface area contributed by atoms with Crippen LogP contribution in [0.5, 0.6) is 11.5 Å². The average molecular weight is 387 g/mol. The fourth-order valence-electron chi connectivity index (χ4n) is 2.46. The van der Waals surface area contributed by atoms with Crippen molar-refractivity contribution in [1.29, 1.82) is 0 Å². The minimum atomic E-state index is -0.420. The molecule has 3 rings (SSSR count). The van der Waals surface area contributed by atoms with Gasteiger partial charge in [0.25, 0.3) is 5.69 Å². The van der Waals surface area contributed by atoms with Gasteiger partial charge in [0.15, 0.2) is 0 Å². The molecule has 0 spiro atoms. The second-order valence-electron chi connectivity index (χ2n) is 5.56. The van der Waals surface area contributed by atoms with Crippen LogP contribution in [0.25, 0.3) is 11.5 Å². The minimum absolute atomic E-state index is 0.0548. The van der Waals surface area contributed by atoms with Crippen LogP contribution in [-0.4, -0.2) is 29.3 Å². The summed E-state index contributed by atoms with van der Waals surface area (Å²) < 4.78 is 16.3. The molecule has 1 aromatic heterocycles. The van der Waals surface area contributed by atoms with Gasteiger partial charge in [-0.3, -0.25) is 10.1 Å². The predicted octanol–water partition coefficient (Wildman–Crippen LogP) is 4.26. The van der Waals surface area contributed by atoms with E-state index in [0.29, 0.717) is 28.7 Å². The van der Waals surface area contributed by atoms with Crippen LogP contribution in [0.15, 0.2) is 45.7 Å². The molecular weight excluding hydrogens is 370 g/mol. The molecule has 8 nitrogen and oxygen atoms in total. The van der Waals surface area contributed by atoms with E-state index in [-0.39, 0.29) is 5.69 Å². The first kappa shape index (κ1) is 18.7. The average Bonchev–Trinajstić information content (AvgIpc) is 3.14. The first-order valence-electron chi connectivity index (χ1n) is 7.94. The van der Waals surface area contributed by atoms with E-state index in [1.807, 2.05) is 18.2 Å². The highest BCUT2D eigenvalue weighted by atomic mass is 32.2. The minimum Gasteiger partial charge on any atom is -0.497 e. The summed E-state index contributed by atoms with van der Waals surface area (Å²) in [4.78, 5) is 11.4. The highest BCUT2D eigenvalue weighted by Gasteiger charge is 2.15. The van der Waals surface area contributed by atoms with Gasteiger partial charge in [-0.15, -0.1) is 22.0 Å². The Hall–Kier alpha value is -3.07. The first-order valence-corrected chi connectivity index (χ1v) is 8.93. The lowest BCUT2D eigenvalue weighted by Crippen LogP contribution is -1.91. The van der Waals surface area contributed by atoms with Crippen molar-refractivity contribution in [3.05, 3.63) is 58.0 Å². The van der Waals surface area contributed by atoms with Gasteiger partial charge in [0.2, 0.25) is 11.8 Å². The third-order valence-corrected chi connectivity index (χ3v) is 4.85. The maximum atomic E-state index is 10.9. The van der Waals surface area contributed by atoms with Gasteiger partial charge < -0.3 is 13.9 Å². The number of hydrogen-bond donors (Lipinski definition) is 0. The summed E-state index contributed by atoms with van der Waals surface area (Å²) in [6, 6.07) is 10.2. The molecule has 0 aliphatic carbocycles. The van der Waals surface area contributed by atoms with Crippen LogP contribution in [0.3, 0.4) is 0 Å². The number of benzene rings is 2. The molecular formula is C18H17N3O5S. The Kier molecular flexibility index (Phi) is 5.60. The highest BCUT2D eigenvalue weighted by Crippen LogP contribution is 2.35. The van der Waals surface area contributed by atoms with Crippen molar-refractivity contribution in [2.45, 2.75) is 17.6 Å². The number of aryl methyl sites for hydroxylation is 1. The lowest BCUT2D eigenvalue weighted by Gasteiger charge is -2.08. The van der Waals surface area contributed by atoms with Gasteiger partial charge in [-0.25, -0.2) is 0 Å². The van der Waals surface area contributed by atoms with Crippen LogP contribution in [0.4, 0.5) is 5.69 Å². The third-order valence-electron chi connectivity index (χ3n) is 3.83. The Bertz CT molecular complexity index is 973. The van der Waals surface area contributed by atoms with E-state index >= 15 is 0 Å². The van der Waals surface area contributed by atoms with Crippen molar-refractivity contribution >= 4 is 17.4 Å². The monoisotopic (exact) mass is 387 g/mol. The molecule has 0 unspecified atom stereocenters. The van der Waals surface area contributed by atoms with E-state index in [9.17, 15) is 10.1 Å². The Morgan fingerprint density at radius 1 is 1.15 bits per heavy atom. The number of aromatic nitrogens is 2. The molecule has 9 heteroatoms. The SMILES string of the molecule is COc1ccc(OC)c(SCc2nnc(-c3ccc([N+](=O)[O-])c(C)c3)o2)c1. The number of rotatable bonds is 7. The van der Waals surface area contributed by atoms with Crippen molar-refractivity contribution in [3.63, 3.8) is 0 Å². The van der Waals surface area contributed by atoms with Gasteiger partial charge in [-0.2, -0.15) is 0 Å². The van der Waals surface area contributed by atoms with Crippen molar-refractivity contribution < 1.29 is 18.8 Å². The van der Waals surface area contributed by atoms with Gasteiger partial charge >= 0.3 is 0 Å². The normalized spacial score (nSPS) is 10.6. The van der Waals surface area contributed by atoms with E-state index in [4.69, 9.17) is 13.9 Å². The molecule has 27 heavy (non-hydrogen) atoms. The quantitative estimate of drug-likeness (QED) is 0.337. The van der Waals surface area contributed by atoms with E-state index in [1.54, 1.807) is 33.3 Å². The lowest BCUT2D eigenvalue weighted by atomic mass is 10.1. The molecule has 2 aromatic carbocycles. The molecule has 0 saturated heterocycles. The van der Waals surface area contributed by atoms with Crippen molar-refractivity contribution in [3.8, 4) is 23.0 Å². The van der Waals surface area contributed by atoms with Gasteiger partial charge in [-0.1, -0.05) is 0 Å². The number of hydrogen-bond acceptors (Lipinski definition) is 8. The molecule has 0 amide bonds. The fourth-order valence-corrected chi connectivity index (χ4v) is 3.35. The number of nitro benzene ring substituents is 1. The topological polar surface area (TPSA) is 101 Å². The summed E-state index contributed by atoms with van der Waals surface area (Å²) >= 11 is 1.48. The smallest absolute Gasteiger partial charge is 0.272 e. The summed E-state index contributed by atoms with van der Waals surface area (Å²) in [5, 5.41) is 19.0. The van der Waals surface area contributed by atoms with Crippen LogP contribution >= 0.6 is 11.8 Å². The van der Waals surface area contributed by atoms with E-state index < -0.39 is 4.92 Å². The Morgan fingerprint density at radius 2 is 1.96 bits per heavy atom. The summed E-state index contributed by atoms with van der Waals surface area (Å²) in [5.41, 5.74) is 1.23. The summed E-state index contributed by atoms with van der Waals surface area (Å²) in [7, 11) is 3.21. The van der Waals surface area contributed by atoms with Gasteiger partial charge in [-0.05, 0) is 37.3 Å². The second-order valence-corrected chi connectivity index (χ2v) is 6.58. The predicted molar refractivity (Wildman–Crippen MR) is 100 cm³/mol. The van der Waals surface area contributed by atoms with Gasteiger partial charge in [0.05, 0.1) is 29.8 Å². The number of nitro groups is 1. The molecule has 1 heterocycles. The fraction of sp³-hybridized carbons (Fsp3) is 0.222. The van der Waals surface area contributed by atoms with Gasteiger partial charge in [0.1, 0.15) is 11.5 Å². The molecule has 0 atom stereocenters. The van der Waals surface area contributed by atoms with Crippen LogP contribution in [-0.2, 0) is 5.75 Å². The molecule has 0 saturated carbocycles. The van der Waals surface area contributed by atoms with Crippen LogP contribution in [0.1, 0.15) is 11.5 Å². The van der Waals surface area contributed by atoms with Crippen LogP contribution in [0.2, 0.25) is 0 Å². The van der Waals surface area contributed by atoms with Crippen molar-refractivity contribution in [1.82, 2.24) is 10.2 Å². The van der Waals surface area contributed by atoms with Gasteiger partial charge in [0, 0.05) is 17.2 Å². The Labute approximate surface area is 159 Å². The Balaban J connectivity index is 1.75. The lowest BCUT2D eigenvalue weighted by molar-refractivity contribution is -0.385. The van der Waals surface area contributed by atoms with Crippen molar-refractivity contribution in [2.24, 2.45) is 0 Å². The summed E-state index contributed by atoms with van der Waals surface area (Å²) in [6.45, 7) is 1.67. The maximum absolute atomic E-state index is 10.9. The zero-order chi connectivity index (χ0) is 19.4. The highest BCUT2D eigenvalue weighted by molar-refractivity contribution is 7.98. The van der Waals surface area contributed by atoms with Crippen molar-refractivity contribution in [2.75, 3.05) is 14.2 Å². The third kappa shape index (κ3) is 4.20. The molecule has 140 valence electrons. The molecule has 3 aromatic rings. The van der Waals surface area contributed by atoms with E-state index in [1.165, 1.54) is 17.8 Å². The van der Waals surface area contributed by atoms with Crippen LogP contribution in [0, 0.1) is 17.0 Å². The molecule has 0 bridgehead atoms. The first-order chi connectivity index (χ1) is 13.0. The van der Waals surface area contributed by atoms with Crippen LogP contribution < -0.4 is 9.47 Å².